The molecule has 0 saturated heterocycles. The molecule has 0 aliphatic carbocycles. The maximum absolute atomic E-state index is 10.9. The number of carbonyl (C=O) groups is 1. The van der Waals surface area contributed by atoms with Crippen molar-refractivity contribution >= 4 is 5.97 Å². The first-order valence-corrected chi connectivity index (χ1v) is 4.31. The molecule has 0 aromatic carbocycles. The van der Waals surface area contributed by atoms with Gasteiger partial charge in [-0.2, -0.15) is 0 Å². The van der Waals surface area contributed by atoms with Crippen LogP contribution in [0.4, 0.5) is 0 Å². The zero-order valence-corrected chi connectivity index (χ0v) is 8.23. The Kier molecular flexibility index (Phi) is 3.59. The Hall–Kier alpha value is -1.42. The molecule has 0 amide bonds. The number of pyridine rings is 1. The smallest absolute Gasteiger partial charge is 0.308 e. The van der Waals surface area contributed by atoms with Crippen molar-refractivity contribution in [1.29, 1.82) is 0 Å². The molecular formula is C10H13NO3. The van der Waals surface area contributed by atoms with Gasteiger partial charge in [0.15, 0.2) is 0 Å². The lowest BCUT2D eigenvalue weighted by molar-refractivity contribution is -0.142. The van der Waals surface area contributed by atoms with Crippen LogP contribution < -0.4 is 0 Å². The van der Waals surface area contributed by atoms with Crippen LogP contribution in [0.5, 0.6) is 0 Å². The van der Waals surface area contributed by atoms with Crippen molar-refractivity contribution in [2.75, 3.05) is 7.11 Å². The normalized spacial score (nSPS) is 12.2. The molecule has 0 fully saturated rings. The number of nitrogens with zero attached hydrogens (tertiary/aromatic N) is 1. The maximum Gasteiger partial charge on any atom is 0.308 e. The predicted molar refractivity (Wildman–Crippen MR) is 50.6 cm³/mol. The Morgan fingerprint density at radius 3 is 2.86 bits per heavy atom. The molecule has 4 heteroatoms. The summed E-state index contributed by atoms with van der Waals surface area (Å²) in [5.74, 6) is -0.432. The van der Waals surface area contributed by atoms with Gasteiger partial charge in [0, 0.05) is 11.9 Å². The first-order chi connectivity index (χ1) is 6.63. The lowest BCUT2D eigenvalue weighted by Gasteiger charge is -2.08. The summed E-state index contributed by atoms with van der Waals surface area (Å²) < 4.78 is 4.45. The van der Waals surface area contributed by atoms with E-state index in [4.69, 9.17) is 0 Å². The van der Waals surface area contributed by atoms with Crippen LogP contribution in [-0.4, -0.2) is 23.2 Å². The monoisotopic (exact) mass is 195 g/mol. The molecule has 0 aliphatic heterocycles. The Morgan fingerprint density at radius 1 is 1.64 bits per heavy atom. The summed E-state index contributed by atoms with van der Waals surface area (Å²) in [5, 5.41) is 9.57. The summed E-state index contributed by atoms with van der Waals surface area (Å²) in [7, 11) is 1.29. The fraction of sp³-hybridized carbons (Fsp3) is 0.400. The molecule has 0 radical (unpaired) electrons. The molecule has 0 saturated carbocycles. The van der Waals surface area contributed by atoms with Crippen LogP contribution in [0.1, 0.15) is 23.8 Å². The summed E-state index contributed by atoms with van der Waals surface area (Å²) in [6.45, 7) is 1.86. The van der Waals surface area contributed by atoms with Crippen molar-refractivity contribution in [1.82, 2.24) is 4.98 Å². The number of carbonyl (C=O) groups excluding carboxylic acids is 1. The minimum atomic E-state index is -0.837. The largest absolute Gasteiger partial charge is 0.469 e. The number of rotatable bonds is 3. The fourth-order valence-corrected chi connectivity index (χ4v) is 1.04. The molecule has 14 heavy (non-hydrogen) atoms. The number of aliphatic hydroxyl groups excluding tert-OH is 1. The van der Waals surface area contributed by atoms with Gasteiger partial charge in [0.1, 0.15) is 0 Å². The SMILES string of the molecule is COC(=O)C[C@@H](O)c1ccc(C)nc1. The Morgan fingerprint density at radius 2 is 2.36 bits per heavy atom. The molecule has 0 unspecified atom stereocenters. The minimum absolute atomic E-state index is 0.0404. The second kappa shape index (κ2) is 4.72. The van der Waals surface area contributed by atoms with E-state index in [2.05, 4.69) is 9.72 Å². The van der Waals surface area contributed by atoms with E-state index in [1.54, 1.807) is 18.3 Å². The third-order valence-electron chi connectivity index (χ3n) is 1.91. The van der Waals surface area contributed by atoms with Gasteiger partial charge in [0.2, 0.25) is 0 Å². The number of ether oxygens (including phenoxy) is 1. The molecular weight excluding hydrogens is 182 g/mol. The fourth-order valence-electron chi connectivity index (χ4n) is 1.04. The molecule has 1 rings (SSSR count). The number of aliphatic hydroxyl groups is 1. The molecule has 0 aliphatic rings. The summed E-state index contributed by atoms with van der Waals surface area (Å²) in [4.78, 5) is 14.9. The van der Waals surface area contributed by atoms with Gasteiger partial charge < -0.3 is 9.84 Å². The number of hydrogen-bond acceptors (Lipinski definition) is 4. The number of aryl methyl sites for hydroxylation is 1. The standard InChI is InChI=1S/C10H13NO3/c1-7-3-4-8(6-11-7)9(12)5-10(13)14-2/h3-4,6,9,12H,5H2,1-2H3/t9-/m1/s1. The van der Waals surface area contributed by atoms with E-state index in [-0.39, 0.29) is 6.42 Å². The van der Waals surface area contributed by atoms with Gasteiger partial charge in [-0.25, -0.2) is 0 Å². The van der Waals surface area contributed by atoms with Crippen molar-refractivity contribution in [2.24, 2.45) is 0 Å². The number of aromatic nitrogens is 1. The van der Waals surface area contributed by atoms with Crippen molar-refractivity contribution in [3.63, 3.8) is 0 Å². The van der Waals surface area contributed by atoms with Crippen LogP contribution in [0.2, 0.25) is 0 Å². The van der Waals surface area contributed by atoms with Crippen molar-refractivity contribution in [3.8, 4) is 0 Å². The molecule has 0 bridgehead atoms. The van der Waals surface area contributed by atoms with Crippen molar-refractivity contribution in [2.45, 2.75) is 19.4 Å². The van der Waals surface area contributed by atoms with E-state index in [1.165, 1.54) is 7.11 Å². The van der Waals surface area contributed by atoms with Gasteiger partial charge in [-0.15, -0.1) is 0 Å². The molecule has 1 N–H and O–H groups in total. The van der Waals surface area contributed by atoms with Gasteiger partial charge in [0.05, 0.1) is 19.6 Å². The highest BCUT2D eigenvalue weighted by atomic mass is 16.5. The zero-order chi connectivity index (χ0) is 10.6. The first kappa shape index (κ1) is 10.7. The lowest BCUT2D eigenvalue weighted by atomic mass is 10.1. The second-order valence-electron chi connectivity index (χ2n) is 3.03. The molecule has 0 spiro atoms. The van der Waals surface area contributed by atoms with Crippen LogP contribution in [-0.2, 0) is 9.53 Å². The van der Waals surface area contributed by atoms with Crippen LogP contribution in [0.25, 0.3) is 0 Å². The molecule has 1 aromatic rings. The predicted octanol–water partition coefficient (Wildman–Crippen LogP) is 0.987. The topological polar surface area (TPSA) is 59.4 Å². The quantitative estimate of drug-likeness (QED) is 0.730. The van der Waals surface area contributed by atoms with E-state index in [0.29, 0.717) is 5.56 Å². The van der Waals surface area contributed by atoms with Crippen LogP contribution in [0, 0.1) is 6.92 Å². The average Bonchev–Trinajstić information content (AvgIpc) is 2.18. The summed E-state index contributed by atoms with van der Waals surface area (Å²) in [6.07, 6.45) is 0.681. The van der Waals surface area contributed by atoms with Crippen LogP contribution >= 0.6 is 0 Å². The second-order valence-corrected chi connectivity index (χ2v) is 3.03. The molecule has 1 atom stereocenters. The Labute approximate surface area is 82.5 Å². The average molecular weight is 195 g/mol. The van der Waals surface area contributed by atoms with Gasteiger partial charge in [-0.3, -0.25) is 9.78 Å². The minimum Gasteiger partial charge on any atom is -0.469 e. The van der Waals surface area contributed by atoms with Gasteiger partial charge in [-0.1, -0.05) is 6.07 Å². The van der Waals surface area contributed by atoms with E-state index in [0.717, 1.165) is 5.69 Å². The van der Waals surface area contributed by atoms with E-state index in [9.17, 15) is 9.90 Å². The van der Waals surface area contributed by atoms with Crippen LogP contribution in [0.3, 0.4) is 0 Å². The van der Waals surface area contributed by atoms with E-state index >= 15 is 0 Å². The number of methoxy groups -OCH3 is 1. The highest BCUT2D eigenvalue weighted by molar-refractivity contribution is 5.70. The summed E-state index contributed by atoms with van der Waals surface area (Å²) >= 11 is 0. The van der Waals surface area contributed by atoms with E-state index in [1.807, 2.05) is 6.92 Å². The number of esters is 1. The maximum atomic E-state index is 10.9. The summed E-state index contributed by atoms with van der Waals surface area (Å²) in [5.41, 5.74) is 1.50. The van der Waals surface area contributed by atoms with Gasteiger partial charge >= 0.3 is 5.97 Å². The molecule has 1 aromatic heterocycles. The van der Waals surface area contributed by atoms with Crippen molar-refractivity contribution < 1.29 is 14.6 Å². The molecule has 76 valence electrons. The first-order valence-electron chi connectivity index (χ1n) is 4.31. The highest BCUT2D eigenvalue weighted by Crippen LogP contribution is 2.15. The molecule has 4 nitrogen and oxygen atoms in total. The number of hydrogen-bond donors (Lipinski definition) is 1. The summed E-state index contributed by atoms with van der Waals surface area (Å²) in [6, 6.07) is 3.53. The Bertz CT molecular complexity index is 308. The third kappa shape index (κ3) is 2.81. The zero-order valence-electron chi connectivity index (χ0n) is 8.23. The Balaban J connectivity index is 2.65. The van der Waals surface area contributed by atoms with Crippen LogP contribution in [0.15, 0.2) is 18.3 Å². The lowest BCUT2D eigenvalue weighted by Crippen LogP contribution is -2.08. The molecule has 1 heterocycles. The highest BCUT2D eigenvalue weighted by Gasteiger charge is 2.12. The third-order valence-corrected chi connectivity index (χ3v) is 1.91. The van der Waals surface area contributed by atoms with E-state index < -0.39 is 12.1 Å². The van der Waals surface area contributed by atoms with Crippen molar-refractivity contribution in [3.05, 3.63) is 29.6 Å². The van der Waals surface area contributed by atoms with Gasteiger partial charge in [-0.05, 0) is 18.6 Å². The van der Waals surface area contributed by atoms with Gasteiger partial charge in [0.25, 0.3) is 0 Å².